The first-order valence-corrected chi connectivity index (χ1v) is 9.20. The third-order valence-electron chi connectivity index (χ3n) is 4.72. The predicted molar refractivity (Wildman–Crippen MR) is 120 cm³/mol. The van der Waals surface area contributed by atoms with Crippen LogP contribution in [0.25, 0.3) is 22.6 Å². The first kappa shape index (κ1) is 22.4. The number of nitrogens with two attached hydrogens (primary N) is 2. The predicted octanol–water partition coefficient (Wildman–Crippen LogP) is 3.08. The molecule has 0 unspecified atom stereocenters. The molecular weight excluding hydrogens is 415 g/mol. The van der Waals surface area contributed by atoms with Gasteiger partial charge in [-0.05, 0) is 18.2 Å². The number of carbonyl (C=O) groups excluding carboxylic acids is 1. The average Bonchev–Trinajstić information content (AvgIpc) is 3.12. The summed E-state index contributed by atoms with van der Waals surface area (Å²) in [6.45, 7) is 0.161. The molecular formula is C21H23FN8O2. The molecule has 1 amide bonds. The van der Waals surface area contributed by atoms with Gasteiger partial charge in [-0.15, -0.1) is 0 Å². The zero-order chi connectivity index (χ0) is 22.1. The molecule has 0 saturated carbocycles. The van der Waals surface area contributed by atoms with Crippen molar-refractivity contribution < 1.29 is 13.9 Å². The SMILES string of the molecule is C.COC(=O)N(C)c1c(N)nc(-c2nn(Cc3ccccc3F)c3ncccc23)nc1N. The Balaban J connectivity index is 0.00000289. The molecule has 0 atom stereocenters. The van der Waals surface area contributed by atoms with E-state index in [-0.39, 0.29) is 42.9 Å². The van der Waals surface area contributed by atoms with Gasteiger partial charge in [0.2, 0.25) is 0 Å². The number of rotatable bonds is 4. The largest absolute Gasteiger partial charge is 0.452 e. The fraction of sp³-hybridized carbons (Fsp3) is 0.190. The fourth-order valence-electron chi connectivity index (χ4n) is 3.24. The van der Waals surface area contributed by atoms with E-state index in [0.29, 0.717) is 22.3 Å². The van der Waals surface area contributed by atoms with Crippen molar-refractivity contribution in [2.45, 2.75) is 14.0 Å². The van der Waals surface area contributed by atoms with Crippen molar-refractivity contribution in [3.8, 4) is 11.5 Å². The Bertz CT molecular complexity index is 1270. The van der Waals surface area contributed by atoms with Gasteiger partial charge in [0.15, 0.2) is 23.1 Å². The molecule has 4 aromatic rings. The molecule has 11 heteroatoms. The molecule has 10 nitrogen and oxygen atoms in total. The van der Waals surface area contributed by atoms with E-state index in [0.717, 1.165) is 4.90 Å². The Hall–Kier alpha value is -4.28. The topological polar surface area (TPSA) is 138 Å². The second kappa shape index (κ2) is 8.84. The summed E-state index contributed by atoms with van der Waals surface area (Å²) in [6, 6.07) is 9.97. The number of amides is 1. The third-order valence-corrected chi connectivity index (χ3v) is 4.72. The molecule has 32 heavy (non-hydrogen) atoms. The summed E-state index contributed by atoms with van der Waals surface area (Å²) in [5, 5.41) is 5.20. The van der Waals surface area contributed by atoms with Crippen LogP contribution in [0.4, 0.5) is 26.5 Å². The number of benzene rings is 1. The molecule has 4 N–H and O–H groups in total. The Morgan fingerprint density at radius 3 is 2.50 bits per heavy atom. The van der Waals surface area contributed by atoms with E-state index in [1.54, 1.807) is 41.2 Å². The van der Waals surface area contributed by atoms with Gasteiger partial charge in [0.25, 0.3) is 0 Å². The lowest BCUT2D eigenvalue weighted by atomic mass is 10.2. The maximum atomic E-state index is 14.2. The number of methoxy groups -OCH3 is 1. The Labute approximate surface area is 183 Å². The van der Waals surface area contributed by atoms with Crippen LogP contribution in [0.15, 0.2) is 42.6 Å². The highest BCUT2D eigenvalue weighted by molar-refractivity contribution is 5.96. The number of pyridine rings is 1. The van der Waals surface area contributed by atoms with Crippen molar-refractivity contribution in [1.29, 1.82) is 0 Å². The number of halogens is 1. The zero-order valence-electron chi connectivity index (χ0n) is 16.8. The van der Waals surface area contributed by atoms with E-state index >= 15 is 0 Å². The molecule has 0 spiro atoms. The zero-order valence-corrected chi connectivity index (χ0v) is 16.8. The molecule has 3 heterocycles. The van der Waals surface area contributed by atoms with Crippen LogP contribution in [0, 0.1) is 5.82 Å². The van der Waals surface area contributed by atoms with Gasteiger partial charge in [-0.3, -0.25) is 4.90 Å². The van der Waals surface area contributed by atoms with Crippen LogP contribution in [0.5, 0.6) is 0 Å². The van der Waals surface area contributed by atoms with E-state index in [1.807, 2.05) is 0 Å². The summed E-state index contributed by atoms with van der Waals surface area (Å²) >= 11 is 0. The maximum absolute atomic E-state index is 14.2. The van der Waals surface area contributed by atoms with Crippen molar-refractivity contribution in [2.24, 2.45) is 0 Å². The van der Waals surface area contributed by atoms with Crippen LogP contribution in [0.3, 0.4) is 0 Å². The third kappa shape index (κ3) is 3.87. The standard InChI is InChI=1S/C20H19FN8O2.CH4/c1-28(20(30)31-2)15-16(22)25-18(26-17(15)23)14-12-7-5-9-24-19(12)29(27-14)10-11-6-3-4-8-13(11)21;/h3-9H,10H2,1-2H3,(H4,22,23,25,26);1H4. The summed E-state index contributed by atoms with van der Waals surface area (Å²) in [4.78, 5) is 25.9. The van der Waals surface area contributed by atoms with E-state index in [9.17, 15) is 9.18 Å². The van der Waals surface area contributed by atoms with Gasteiger partial charge < -0.3 is 16.2 Å². The van der Waals surface area contributed by atoms with Crippen molar-refractivity contribution in [1.82, 2.24) is 24.7 Å². The highest BCUT2D eigenvalue weighted by Crippen LogP contribution is 2.32. The quantitative estimate of drug-likeness (QED) is 0.496. The lowest BCUT2D eigenvalue weighted by Crippen LogP contribution is -2.28. The number of hydrogen-bond acceptors (Lipinski definition) is 8. The summed E-state index contributed by atoms with van der Waals surface area (Å²) < 4.78 is 20.4. The number of nitrogen functional groups attached to an aromatic ring is 2. The summed E-state index contributed by atoms with van der Waals surface area (Å²) in [7, 11) is 2.68. The second-order valence-corrected chi connectivity index (χ2v) is 6.67. The molecule has 0 aliphatic rings. The number of nitrogens with zero attached hydrogens (tertiary/aromatic N) is 6. The molecule has 3 aromatic heterocycles. The lowest BCUT2D eigenvalue weighted by molar-refractivity contribution is 0.180. The lowest BCUT2D eigenvalue weighted by Gasteiger charge is -2.18. The molecule has 0 saturated heterocycles. The number of aromatic nitrogens is 5. The number of carbonyl (C=O) groups is 1. The van der Waals surface area contributed by atoms with E-state index < -0.39 is 6.09 Å². The molecule has 0 radical (unpaired) electrons. The Kier molecular flexibility index (Phi) is 6.19. The van der Waals surface area contributed by atoms with Crippen LogP contribution in [-0.2, 0) is 11.3 Å². The van der Waals surface area contributed by atoms with Crippen molar-refractivity contribution in [3.05, 3.63) is 54.0 Å². The van der Waals surface area contributed by atoms with Crippen molar-refractivity contribution >= 4 is 34.4 Å². The molecule has 0 fully saturated rings. The minimum absolute atomic E-state index is 0. The van der Waals surface area contributed by atoms with E-state index in [2.05, 4.69) is 24.8 Å². The summed E-state index contributed by atoms with van der Waals surface area (Å²) in [6.07, 6.45) is 0.947. The van der Waals surface area contributed by atoms with Crippen molar-refractivity contribution in [3.63, 3.8) is 0 Å². The van der Waals surface area contributed by atoms with Gasteiger partial charge in [0, 0.05) is 18.8 Å². The summed E-state index contributed by atoms with van der Waals surface area (Å²) in [5.41, 5.74) is 13.6. The summed E-state index contributed by atoms with van der Waals surface area (Å²) in [5.74, 6) is -0.224. The van der Waals surface area contributed by atoms with Crippen LogP contribution in [-0.4, -0.2) is 45.0 Å². The van der Waals surface area contributed by atoms with Gasteiger partial charge in [0.05, 0.1) is 19.0 Å². The van der Waals surface area contributed by atoms with Gasteiger partial charge in [0.1, 0.15) is 17.2 Å². The first-order chi connectivity index (χ1) is 14.9. The second-order valence-electron chi connectivity index (χ2n) is 6.67. The highest BCUT2D eigenvalue weighted by Gasteiger charge is 2.23. The Morgan fingerprint density at radius 2 is 1.84 bits per heavy atom. The molecule has 0 aliphatic heterocycles. The normalized spacial score (nSPS) is 10.6. The van der Waals surface area contributed by atoms with E-state index in [1.165, 1.54) is 20.2 Å². The van der Waals surface area contributed by atoms with Gasteiger partial charge in [-0.1, -0.05) is 25.6 Å². The van der Waals surface area contributed by atoms with Crippen LogP contribution >= 0.6 is 0 Å². The van der Waals surface area contributed by atoms with Gasteiger partial charge in [-0.2, -0.15) is 5.10 Å². The average molecular weight is 438 g/mol. The number of hydrogen-bond donors (Lipinski definition) is 2. The highest BCUT2D eigenvalue weighted by atomic mass is 19.1. The number of anilines is 3. The molecule has 4 rings (SSSR count). The smallest absolute Gasteiger partial charge is 0.413 e. The van der Waals surface area contributed by atoms with Gasteiger partial charge in [-0.25, -0.2) is 28.8 Å². The van der Waals surface area contributed by atoms with Crippen LogP contribution in [0.2, 0.25) is 0 Å². The monoisotopic (exact) mass is 438 g/mol. The molecule has 0 bridgehead atoms. The Morgan fingerprint density at radius 1 is 1.16 bits per heavy atom. The minimum Gasteiger partial charge on any atom is -0.452 e. The number of ether oxygens (including phenoxy) is 1. The molecule has 0 aliphatic carbocycles. The first-order valence-electron chi connectivity index (χ1n) is 9.20. The van der Waals surface area contributed by atoms with Gasteiger partial charge >= 0.3 is 6.09 Å². The molecule has 1 aromatic carbocycles. The minimum atomic E-state index is -0.668. The van der Waals surface area contributed by atoms with Crippen molar-refractivity contribution in [2.75, 3.05) is 30.5 Å². The van der Waals surface area contributed by atoms with Crippen LogP contribution in [0.1, 0.15) is 13.0 Å². The maximum Gasteiger partial charge on any atom is 0.413 e. The molecule has 166 valence electrons. The number of fused-ring (bicyclic) bond motifs is 1. The van der Waals surface area contributed by atoms with E-state index in [4.69, 9.17) is 11.5 Å². The fourth-order valence-corrected chi connectivity index (χ4v) is 3.24. The van der Waals surface area contributed by atoms with Crippen LogP contribution < -0.4 is 16.4 Å².